The van der Waals surface area contributed by atoms with Gasteiger partial charge in [0.05, 0.1) is 13.0 Å². The van der Waals surface area contributed by atoms with Crippen LogP contribution in [0, 0.1) is 0 Å². The molecule has 2 N–H and O–H groups in total. The van der Waals surface area contributed by atoms with Crippen LogP contribution < -0.4 is 4.74 Å². The Kier molecular flexibility index (Phi) is 3.13. The Labute approximate surface area is 121 Å². The minimum Gasteiger partial charge on any atom is -0.507 e. The van der Waals surface area contributed by atoms with Crippen LogP contribution in [0.4, 0.5) is 0 Å². The van der Waals surface area contributed by atoms with E-state index in [1.807, 2.05) is 0 Å². The molecule has 6 nitrogen and oxygen atoms in total. The number of ether oxygens (including phenoxy) is 2. The van der Waals surface area contributed by atoms with Crippen molar-refractivity contribution in [3.05, 3.63) is 23.3 Å². The molecule has 0 amide bonds. The number of phenols is 1. The average Bonchev–Trinajstić information content (AvgIpc) is 2.84. The SMILES string of the molecule is C[C@]1([C@@H]2CCC(=O)O2)CC(=O)c2c(O)cc(CO)cc2O1. The van der Waals surface area contributed by atoms with Crippen molar-refractivity contribution < 1.29 is 29.3 Å². The van der Waals surface area contributed by atoms with Crippen LogP contribution in [0.3, 0.4) is 0 Å². The molecule has 21 heavy (non-hydrogen) atoms. The molecule has 0 spiro atoms. The normalized spacial score (nSPS) is 28.0. The molecule has 6 heteroatoms. The topological polar surface area (TPSA) is 93.1 Å². The second-order valence-electron chi connectivity index (χ2n) is 5.68. The Morgan fingerprint density at radius 2 is 2.14 bits per heavy atom. The van der Waals surface area contributed by atoms with Crippen LogP contribution in [-0.2, 0) is 16.1 Å². The quantitative estimate of drug-likeness (QED) is 0.798. The molecule has 0 bridgehead atoms. The zero-order valence-electron chi connectivity index (χ0n) is 11.6. The molecular weight excluding hydrogens is 276 g/mol. The first-order valence-electron chi connectivity index (χ1n) is 6.81. The lowest BCUT2D eigenvalue weighted by atomic mass is 9.85. The third-order valence-corrected chi connectivity index (χ3v) is 4.02. The van der Waals surface area contributed by atoms with E-state index < -0.39 is 11.7 Å². The number of fused-ring (bicyclic) bond motifs is 1. The van der Waals surface area contributed by atoms with E-state index in [-0.39, 0.29) is 41.8 Å². The van der Waals surface area contributed by atoms with Crippen molar-refractivity contribution in [1.29, 1.82) is 0 Å². The van der Waals surface area contributed by atoms with Crippen LogP contribution in [0.1, 0.15) is 42.1 Å². The summed E-state index contributed by atoms with van der Waals surface area (Å²) in [5.74, 6) is -0.536. The predicted octanol–water partition coefficient (Wildman–Crippen LogP) is 1.31. The fraction of sp³-hybridized carbons (Fsp3) is 0.467. The van der Waals surface area contributed by atoms with Crippen molar-refractivity contribution >= 4 is 11.8 Å². The molecule has 1 fully saturated rings. The van der Waals surface area contributed by atoms with Crippen molar-refractivity contribution in [3.8, 4) is 11.5 Å². The Balaban J connectivity index is 1.99. The fourth-order valence-corrected chi connectivity index (χ4v) is 2.94. The molecule has 112 valence electrons. The van der Waals surface area contributed by atoms with Crippen molar-refractivity contribution in [3.63, 3.8) is 0 Å². The van der Waals surface area contributed by atoms with Gasteiger partial charge in [-0.05, 0) is 31.0 Å². The first kappa shape index (κ1) is 13.9. The number of rotatable bonds is 2. The van der Waals surface area contributed by atoms with Gasteiger partial charge in [0.1, 0.15) is 23.2 Å². The summed E-state index contributed by atoms with van der Waals surface area (Å²) >= 11 is 0. The minimum atomic E-state index is -0.948. The van der Waals surface area contributed by atoms with Crippen molar-refractivity contribution in [2.75, 3.05) is 0 Å². The van der Waals surface area contributed by atoms with Gasteiger partial charge in [-0.3, -0.25) is 9.59 Å². The lowest BCUT2D eigenvalue weighted by Crippen LogP contribution is -2.49. The number of aliphatic hydroxyl groups is 1. The van der Waals surface area contributed by atoms with Crippen LogP contribution in [0.2, 0.25) is 0 Å². The third-order valence-electron chi connectivity index (χ3n) is 4.02. The van der Waals surface area contributed by atoms with Gasteiger partial charge in [0.15, 0.2) is 11.4 Å². The van der Waals surface area contributed by atoms with Crippen LogP contribution in [0.5, 0.6) is 11.5 Å². The lowest BCUT2D eigenvalue weighted by Gasteiger charge is -2.38. The molecule has 3 rings (SSSR count). The Hall–Kier alpha value is -2.08. The Morgan fingerprint density at radius 1 is 1.38 bits per heavy atom. The maximum Gasteiger partial charge on any atom is 0.306 e. The monoisotopic (exact) mass is 292 g/mol. The standard InChI is InChI=1S/C15H16O6/c1-15(12-2-3-13(19)20-12)6-10(18)14-9(17)4-8(7-16)5-11(14)21-15/h4-5,12,16-17H,2-3,6-7H2,1H3/t12-,15+/m0/s1. The van der Waals surface area contributed by atoms with Gasteiger partial charge in [-0.15, -0.1) is 0 Å². The summed E-state index contributed by atoms with van der Waals surface area (Å²) < 4.78 is 11.1. The maximum absolute atomic E-state index is 12.3. The minimum absolute atomic E-state index is 0.0317. The average molecular weight is 292 g/mol. The summed E-state index contributed by atoms with van der Waals surface area (Å²) in [6.07, 6.45) is 0.363. The van der Waals surface area contributed by atoms with E-state index in [1.165, 1.54) is 12.1 Å². The molecule has 1 saturated heterocycles. The zero-order valence-corrected chi connectivity index (χ0v) is 11.6. The second-order valence-corrected chi connectivity index (χ2v) is 5.68. The zero-order chi connectivity index (χ0) is 15.2. The number of phenolic OH excluding ortho intramolecular Hbond substituents is 1. The van der Waals surface area contributed by atoms with E-state index in [1.54, 1.807) is 6.92 Å². The van der Waals surface area contributed by atoms with E-state index in [4.69, 9.17) is 9.47 Å². The number of benzene rings is 1. The molecular formula is C15H16O6. The van der Waals surface area contributed by atoms with Crippen molar-refractivity contribution in [2.45, 2.75) is 44.5 Å². The second kappa shape index (κ2) is 4.73. The highest BCUT2D eigenvalue weighted by Crippen LogP contribution is 2.42. The van der Waals surface area contributed by atoms with Crippen LogP contribution in [0.15, 0.2) is 12.1 Å². The van der Waals surface area contributed by atoms with Gasteiger partial charge in [0, 0.05) is 6.42 Å². The first-order valence-corrected chi connectivity index (χ1v) is 6.81. The number of Topliss-reactive ketones (excluding diaryl/α,β-unsaturated/α-hetero) is 1. The third kappa shape index (κ3) is 2.25. The van der Waals surface area contributed by atoms with Gasteiger partial charge in [-0.2, -0.15) is 0 Å². The van der Waals surface area contributed by atoms with E-state index >= 15 is 0 Å². The summed E-state index contributed by atoms with van der Waals surface area (Å²) in [7, 11) is 0. The highest BCUT2D eigenvalue weighted by molar-refractivity contribution is 6.03. The molecule has 0 unspecified atom stereocenters. The van der Waals surface area contributed by atoms with Crippen LogP contribution in [0.25, 0.3) is 0 Å². The number of cyclic esters (lactones) is 1. The maximum atomic E-state index is 12.3. The van der Waals surface area contributed by atoms with E-state index in [0.29, 0.717) is 18.4 Å². The molecule has 0 aromatic heterocycles. The highest BCUT2D eigenvalue weighted by Gasteiger charge is 2.48. The molecule has 1 aromatic carbocycles. The summed E-state index contributed by atoms with van der Waals surface area (Å²) in [4.78, 5) is 23.6. The molecule has 0 radical (unpaired) electrons. The predicted molar refractivity (Wildman–Crippen MR) is 71.1 cm³/mol. The molecule has 2 atom stereocenters. The fourth-order valence-electron chi connectivity index (χ4n) is 2.94. The van der Waals surface area contributed by atoms with Gasteiger partial charge in [0.2, 0.25) is 0 Å². The molecule has 0 saturated carbocycles. The number of carbonyl (C=O) groups is 2. The number of carbonyl (C=O) groups excluding carboxylic acids is 2. The molecule has 0 aliphatic carbocycles. The summed E-state index contributed by atoms with van der Waals surface area (Å²) in [5.41, 5.74) is -0.378. The van der Waals surface area contributed by atoms with Crippen LogP contribution in [-0.4, -0.2) is 33.7 Å². The van der Waals surface area contributed by atoms with Crippen molar-refractivity contribution in [1.82, 2.24) is 0 Å². The molecule has 2 aliphatic rings. The molecule has 2 aliphatic heterocycles. The summed E-state index contributed by atoms with van der Waals surface area (Å²) in [6.45, 7) is 1.45. The number of aliphatic hydroxyl groups excluding tert-OH is 1. The largest absolute Gasteiger partial charge is 0.507 e. The Morgan fingerprint density at radius 3 is 2.76 bits per heavy atom. The van der Waals surface area contributed by atoms with Gasteiger partial charge in [-0.1, -0.05) is 0 Å². The molecule has 2 heterocycles. The first-order chi connectivity index (χ1) is 9.93. The number of esters is 1. The number of hydrogen-bond acceptors (Lipinski definition) is 6. The van der Waals surface area contributed by atoms with E-state index in [2.05, 4.69) is 0 Å². The summed E-state index contributed by atoms with van der Waals surface area (Å²) in [5, 5.41) is 19.1. The summed E-state index contributed by atoms with van der Waals surface area (Å²) in [6, 6.07) is 2.87. The van der Waals surface area contributed by atoms with E-state index in [9.17, 15) is 19.8 Å². The number of hydrogen-bond donors (Lipinski definition) is 2. The van der Waals surface area contributed by atoms with Crippen LogP contribution >= 0.6 is 0 Å². The number of aromatic hydroxyl groups is 1. The van der Waals surface area contributed by atoms with E-state index in [0.717, 1.165) is 0 Å². The highest BCUT2D eigenvalue weighted by atomic mass is 16.6. The van der Waals surface area contributed by atoms with Gasteiger partial charge < -0.3 is 19.7 Å². The molecule has 1 aromatic rings. The van der Waals surface area contributed by atoms with Gasteiger partial charge in [-0.25, -0.2) is 0 Å². The lowest BCUT2D eigenvalue weighted by molar-refractivity contribution is -0.149. The van der Waals surface area contributed by atoms with Gasteiger partial charge in [0.25, 0.3) is 0 Å². The number of ketones is 1. The van der Waals surface area contributed by atoms with Gasteiger partial charge >= 0.3 is 5.97 Å². The Bertz CT molecular complexity index is 623. The van der Waals surface area contributed by atoms with Crippen molar-refractivity contribution in [2.24, 2.45) is 0 Å². The smallest absolute Gasteiger partial charge is 0.306 e.